The standard InChI is InChI=1S/C31H45N3O6/c1-9-10-18-34(29(37)25(19-20(2)3)33-30(38)40-31(5,6)7)26(24-13-11-12-21(4)27(24)35)28(36)32-22-14-16-23(39-8)17-15-22/h11-17,20,25-26,35H,9-10,18-19H2,1-8H3,(H,32,36)(H,33,38). The molecule has 220 valence electrons. The molecule has 9 heteroatoms. The van der Waals surface area contributed by atoms with Gasteiger partial charge >= 0.3 is 6.09 Å². The van der Waals surface area contributed by atoms with E-state index >= 15 is 0 Å². The Morgan fingerprint density at radius 3 is 2.25 bits per heavy atom. The Morgan fingerprint density at radius 2 is 1.70 bits per heavy atom. The highest BCUT2D eigenvalue weighted by Gasteiger charge is 2.37. The Kier molecular flexibility index (Phi) is 11.8. The van der Waals surface area contributed by atoms with E-state index in [-0.39, 0.29) is 18.2 Å². The van der Waals surface area contributed by atoms with E-state index in [1.807, 2.05) is 20.8 Å². The maximum absolute atomic E-state index is 14.2. The summed E-state index contributed by atoms with van der Waals surface area (Å²) in [6.45, 7) is 13.1. The molecule has 0 aromatic heterocycles. The van der Waals surface area contributed by atoms with Crippen molar-refractivity contribution >= 4 is 23.6 Å². The molecule has 2 rings (SSSR count). The van der Waals surface area contributed by atoms with Crippen LogP contribution in [0.4, 0.5) is 10.5 Å². The van der Waals surface area contributed by atoms with Crippen LogP contribution in [0.15, 0.2) is 42.5 Å². The number of hydrogen-bond acceptors (Lipinski definition) is 6. The summed E-state index contributed by atoms with van der Waals surface area (Å²) in [7, 11) is 1.56. The molecule has 0 aliphatic rings. The summed E-state index contributed by atoms with van der Waals surface area (Å²) < 4.78 is 10.6. The number of phenolic OH excluding ortho intramolecular Hbond substituents is 1. The Morgan fingerprint density at radius 1 is 1.05 bits per heavy atom. The number of benzene rings is 2. The van der Waals surface area contributed by atoms with Crippen molar-refractivity contribution in [3.8, 4) is 11.5 Å². The number of carbonyl (C=O) groups excluding carboxylic acids is 3. The second-order valence-electron chi connectivity index (χ2n) is 11.3. The number of nitrogens with one attached hydrogen (secondary N) is 2. The smallest absolute Gasteiger partial charge is 0.408 e. The molecule has 3 amide bonds. The van der Waals surface area contributed by atoms with E-state index in [0.717, 1.165) is 6.42 Å². The molecule has 0 aliphatic heterocycles. The Bertz CT molecular complexity index is 1140. The molecule has 0 spiro atoms. The van der Waals surface area contributed by atoms with Crippen LogP contribution in [0.2, 0.25) is 0 Å². The van der Waals surface area contributed by atoms with Gasteiger partial charge in [-0.25, -0.2) is 4.79 Å². The van der Waals surface area contributed by atoms with Crippen molar-refractivity contribution in [2.24, 2.45) is 5.92 Å². The van der Waals surface area contributed by atoms with E-state index in [2.05, 4.69) is 10.6 Å². The molecule has 2 atom stereocenters. The van der Waals surface area contributed by atoms with Crippen molar-refractivity contribution in [2.45, 2.75) is 85.4 Å². The average molecular weight is 556 g/mol. The van der Waals surface area contributed by atoms with Crippen LogP contribution in [0, 0.1) is 12.8 Å². The lowest BCUT2D eigenvalue weighted by atomic mass is 9.97. The summed E-state index contributed by atoms with van der Waals surface area (Å²) in [6.07, 6.45) is 1.02. The second kappa shape index (κ2) is 14.6. The van der Waals surface area contributed by atoms with Crippen LogP contribution in [0.5, 0.6) is 11.5 Å². The quantitative estimate of drug-likeness (QED) is 0.298. The summed E-state index contributed by atoms with van der Waals surface area (Å²) in [6, 6.07) is 9.88. The van der Waals surface area contributed by atoms with E-state index in [9.17, 15) is 19.5 Å². The molecule has 0 saturated carbocycles. The molecule has 0 saturated heterocycles. The van der Waals surface area contributed by atoms with E-state index in [1.165, 1.54) is 4.90 Å². The average Bonchev–Trinajstić information content (AvgIpc) is 2.86. The Labute approximate surface area is 238 Å². The molecule has 40 heavy (non-hydrogen) atoms. The van der Waals surface area contributed by atoms with Crippen LogP contribution >= 0.6 is 0 Å². The largest absolute Gasteiger partial charge is 0.507 e. The van der Waals surface area contributed by atoms with Gasteiger partial charge in [-0.2, -0.15) is 0 Å². The minimum atomic E-state index is -1.16. The molecule has 0 heterocycles. The van der Waals surface area contributed by atoms with Gasteiger partial charge in [-0.15, -0.1) is 0 Å². The minimum absolute atomic E-state index is 0.0628. The molecule has 0 bridgehead atoms. The first-order chi connectivity index (χ1) is 18.8. The van der Waals surface area contributed by atoms with E-state index < -0.39 is 35.6 Å². The van der Waals surface area contributed by atoms with Crippen molar-refractivity contribution in [2.75, 3.05) is 19.0 Å². The highest BCUT2D eigenvalue weighted by Crippen LogP contribution is 2.33. The molecule has 0 fully saturated rings. The Hall–Kier alpha value is -3.75. The molecule has 2 aromatic carbocycles. The number of aryl methyl sites for hydroxylation is 1. The van der Waals surface area contributed by atoms with Crippen LogP contribution in [0.1, 0.15) is 78.0 Å². The second-order valence-corrected chi connectivity index (χ2v) is 11.3. The molecule has 0 aliphatic carbocycles. The van der Waals surface area contributed by atoms with Crippen molar-refractivity contribution in [3.05, 3.63) is 53.6 Å². The van der Waals surface area contributed by atoms with Gasteiger partial charge in [0.25, 0.3) is 5.91 Å². The Balaban J connectivity index is 2.57. The number of alkyl carbamates (subject to hydrolysis) is 1. The lowest BCUT2D eigenvalue weighted by Crippen LogP contribution is -2.53. The molecule has 2 unspecified atom stereocenters. The number of methoxy groups -OCH3 is 1. The predicted molar refractivity (Wildman–Crippen MR) is 156 cm³/mol. The predicted octanol–water partition coefficient (Wildman–Crippen LogP) is 5.96. The molecule has 2 aromatic rings. The summed E-state index contributed by atoms with van der Waals surface area (Å²) in [5.74, 6) is -0.279. The summed E-state index contributed by atoms with van der Waals surface area (Å²) in [5.41, 5.74) is 0.645. The van der Waals surface area contributed by atoms with E-state index in [1.54, 1.807) is 77.3 Å². The number of ether oxygens (including phenoxy) is 2. The van der Waals surface area contributed by atoms with Gasteiger partial charge in [-0.1, -0.05) is 45.4 Å². The molecular weight excluding hydrogens is 510 g/mol. The zero-order chi connectivity index (χ0) is 30.0. The fourth-order valence-electron chi connectivity index (χ4n) is 4.28. The first-order valence-electron chi connectivity index (χ1n) is 13.8. The van der Waals surface area contributed by atoms with Gasteiger partial charge in [0, 0.05) is 17.8 Å². The molecular formula is C31H45N3O6. The number of phenols is 1. The van der Waals surface area contributed by atoms with Gasteiger partial charge in [0.05, 0.1) is 7.11 Å². The zero-order valence-corrected chi connectivity index (χ0v) is 25.0. The third-order valence-corrected chi connectivity index (χ3v) is 6.21. The summed E-state index contributed by atoms with van der Waals surface area (Å²) >= 11 is 0. The first-order valence-corrected chi connectivity index (χ1v) is 13.8. The molecule has 0 radical (unpaired) electrons. The molecule has 3 N–H and O–H groups in total. The zero-order valence-electron chi connectivity index (χ0n) is 25.0. The van der Waals surface area contributed by atoms with Crippen molar-refractivity contribution < 1.29 is 29.0 Å². The van der Waals surface area contributed by atoms with Crippen LogP contribution in [-0.4, -0.2) is 53.2 Å². The SMILES string of the molecule is CCCCN(C(=O)C(CC(C)C)NC(=O)OC(C)(C)C)C(C(=O)Nc1ccc(OC)cc1)c1cccc(C)c1O. The number of amides is 3. The number of carbonyl (C=O) groups is 3. The van der Waals surface area contributed by atoms with E-state index in [0.29, 0.717) is 35.4 Å². The lowest BCUT2D eigenvalue weighted by molar-refractivity contribution is -0.141. The van der Waals surface area contributed by atoms with Crippen molar-refractivity contribution in [3.63, 3.8) is 0 Å². The topological polar surface area (TPSA) is 117 Å². The van der Waals surface area contributed by atoms with Gasteiger partial charge < -0.3 is 30.1 Å². The number of rotatable bonds is 12. The fourth-order valence-corrected chi connectivity index (χ4v) is 4.28. The lowest BCUT2D eigenvalue weighted by Gasteiger charge is -2.35. The summed E-state index contributed by atoms with van der Waals surface area (Å²) in [4.78, 5) is 42.3. The maximum Gasteiger partial charge on any atom is 0.408 e. The van der Waals surface area contributed by atoms with Crippen molar-refractivity contribution in [1.82, 2.24) is 10.2 Å². The monoisotopic (exact) mass is 555 g/mol. The van der Waals surface area contributed by atoms with Crippen LogP contribution in [-0.2, 0) is 14.3 Å². The first kappa shape index (κ1) is 32.5. The van der Waals surface area contributed by atoms with Gasteiger partial charge in [0.15, 0.2) is 0 Å². The number of nitrogens with zero attached hydrogens (tertiary/aromatic N) is 1. The van der Waals surface area contributed by atoms with Crippen LogP contribution in [0.25, 0.3) is 0 Å². The van der Waals surface area contributed by atoms with Crippen molar-refractivity contribution in [1.29, 1.82) is 0 Å². The van der Waals surface area contributed by atoms with E-state index in [4.69, 9.17) is 9.47 Å². The third-order valence-electron chi connectivity index (χ3n) is 6.21. The number of para-hydroxylation sites is 1. The summed E-state index contributed by atoms with van der Waals surface area (Å²) in [5, 5.41) is 16.7. The highest BCUT2D eigenvalue weighted by atomic mass is 16.6. The number of aromatic hydroxyl groups is 1. The van der Waals surface area contributed by atoms with Gasteiger partial charge in [-0.3, -0.25) is 9.59 Å². The third kappa shape index (κ3) is 9.47. The fraction of sp³-hybridized carbons (Fsp3) is 0.516. The highest BCUT2D eigenvalue weighted by molar-refractivity contribution is 5.99. The van der Waals surface area contributed by atoms with Gasteiger partial charge in [-0.05, 0) is 76.3 Å². The van der Waals surface area contributed by atoms with Crippen LogP contribution < -0.4 is 15.4 Å². The number of hydrogen-bond donors (Lipinski definition) is 3. The molecule has 9 nitrogen and oxygen atoms in total. The normalized spacial score (nSPS) is 12.8. The van der Waals surface area contributed by atoms with Gasteiger partial charge in [0.1, 0.15) is 29.2 Å². The van der Waals surface area contributed by atoms with Gasteiger partial charge in [0.2, 0.25) is 5.91 Å². The number of unbranched alkanes of at least 4 members (excludes halogenated alkanes) is 1. The maximum atomic E-state index is 14.2. The van der Waals surface area contributed by atoms with Crippen LogP contribution in [0.3, 0.4) is 0 Å². The number of anilines is 1. The minimum Gasteiger partial charge on any atom is -0.507 e.